The van der Waals surface area contributed by atoms with Crippen LogP contribution in [0, 0.1) is 6.92 Å². The third-order valence-corrected chi connectivity index (χ3v) is 5.23. The number of aromatic nitrogens is 3. The van der Waals surface area contributed by atoms with Crippen LogP contribution in [0.15, 0.2) is 60.8 Å². The van der Waals surface area contributed by atoms with Crippen molar-refractivity contribution in [3.63, 3.8) is 0 Å². The summed E-state index contributed by atoms with van der Waals surface area (Å²) in [5.74, 6) is 0.426. The van der Waals surface area contributed by atoms with E-state index in [1.54, 1.807) is 12.1 Å². The van der Waals surface area contributed by atoms with E-state index < -0.39 is 0 Å². The van der Waals surface area contributed by atoms with E-state index in [1.807, 2.05) is 56.3 Å². The molecule has 0 spiro atoms. The molecule has 2 aromatic heterocycles. The fourth-order valence-corrected chi connectivity index (χ4v) is 3.47. The second kappa shape index (κ2) is 8.88. The Hall–Kier alpha value is -3.22. The molecular weight excluding hydrogens is 433 g/mol. The van der Waals surface area contributed by atoms with Crippen LogP contribution in [0.25, 0.3) is 10.9 Å². The number of hydrogen-bond donors (Lipinski definition) is 2. The first-order valence-corrected chi connectivity index (χ1v) is 10.4. The summed E-state index contributed by atoms with van der Waals surface area (Å²) < 4.78 is 0. The number of benzene rings is 2. The number of carbonyl (C=O) groups excluding carboxylic acids is 1. The lowest BCUT2D eigenvalue weighted by atomic mass is 10.1. The van der Waals surface area contributed by atoms with Gasteiger partial charge >= 0.3 is 0 Å². The molecule has 6 nitrogen and oxygen atoms in total. The minimum absolute atomic E-state index is 0.0410. The second-order valence-electron chi connectivity index (χ2n) is 7.17. The number of fused-ring (bicyclic) bond motifs is 1. The highest BCUT2D eigenvalue weighted by molar-refractivity contribution is 6.29. The quantitative estimate of drug-likeness (QED) is 0.284. The Morgan fingerprint density at radius 2 is 1.77 bits per heavy atom. The number of pyridine rings is 1. The number of anilines is 2. The number of carbonyl (C=O) groups is 1. The molecule has 1 unspecified atom stereocenters. The standard InChI is InChI=1S/C23H19Cl2N5O/c1-13-3-9-18-19(11-13)29-23(25)30-21(18)27-14(2)15-4-7-17(8-5-15)28-22(31)16-6-10-20(24)26-12-16/h3-12,14H,1-2H3,(H,28,31)(H,27,29,30). The molecule has 1 amide bonds. The van der Waals surface area contributed by atoms with E-state index in [4.69, 9.17) is 23.2 Å². The fourth-order valence-electron chi connectivity index (χ4n) is 3.18. The summed E-state index contributed by atoms with van der Waals surface area (Å²) >= 11 is 11.9. The summed E-state index contributed by atoms with van der Waals surface area (Å²) in [4.78, 5) is 24.9. The number of nitrogens with one attached hydrogen (secondary N) is 2. The minimum atomic E-state index is -0.250. The molecule has 4 rings (SSSR count). The van der Waals surface area contributed by atoms with Crippen LogP contribution in [0.3, 0.4) is 0 Å². The van der Waals surface area contributed by atoms with Gasteiger partial charge in [0.15, 0.2) is 0 Å². The van der Waals surface area contributed by atoms with E-state index in [2.05, 4.69) is 25.6 Å². The molecular formula is C23H19Cl2N5O. The molecule has 0 aliphatic rings. The third kappa shape index (κ3) is 4.93. The van der Waals surface area contributed by atoms with Gasteiger partial charge in [-0.15, -0.1) is 0 Å². The van der Waals surface area contributed by atoms with Gasteiger partial charge < -0.3 is 10.6 Å². The third-order valence-electron chi connectivity index (χ3n) is 4.84. The zero-order chi connectivity index (χ0) is 22.0. The summed E-state index contributed by atoms with van der Waals surface area (Å²) in [5, 5.41) is 7.70. The van der Waals surface area contributed by atoms with E-state index in [9.17, 15) is 4.79 Å². The lowest BCUT2D eigenvalue weighted by molar-refractivity contribution is 0.102. The summed E-state index contributed by atoms with van der Waals surface area (Å²) in [6, 6.07) is 16.7. The highest BCUT2D eigenvalue weighted by Gasteiger charge is 2.12. The number of halogens is 2. The lowest BCUT2D eigenvalue weighted by Gasteiger charge is -2.17. The van der Waals surface area contributed by atoms with E-state index in [0.29, 0.717) is 22.2 Å². The Morgan fingerprint density at radius 3 is 2.48 bits per heavy atom. The summed E-state index contributed by atoms with van der Waals surface area (Å²) in [5.41, 5.74) is 4.05. The van der Waals surface area contributed by atoms with Gasteiger partial charge in [0, 0.05) is 23.3 Å². The summed E-state index contributed by atoms with van der Waals surface area (Å²) in [6.07, 6.45) is 1.44. The smallest absolute Gasteiger partial charge is 0.257 e. The van der Waals surface area contributed by atoms with Crippen LogP contribution in [0.5, 0.6) is 0 Å². The van der Waals surface area contributed by atoms with Gasteiger partial charge in [-0.2, -0.15) is 0 Å². The van der Waals surface area contributed by atoms with Crippen molar-refractivity contribution in [2.75, 3.05) is 10.6 Å². The molecule has 0 aliphatic carbocycles. The number of amides is 1. The molecule has 2 N–H and O–H groups in total. The molecule has 1 atom stereocenters. The maximum Gasteiger partial charge on any atom is 0.257 e. The molecule has 0 fully saturated rings. The average molecular weight is 452 g/mol. The zero-order valence-corrected chi connectivity index (χ0v) is 18.4. The zero-order valence-electron chi connectivity index (χ0n) is 16.9. The molecule has 0 aliphatic heterocycles. The lowest BCUT2D eigenvalue weighted by Crippen LogP contribution is -2.12. The topological polar surface area (TPSA) is 79.8 Å². The molecule has 2 aromatic carbocycles. The molecule has 0 bridgehead atoms. The van der Waals surface area contributed by atoms with Crippen LogP contribution in [0.1, 0.15) is 34.5 Å². The van der Waals surface area contributed by atoms with E-state index >= 15 is 0 Å². The maximum atomic E-state index is 12.3. The molecule has 2 heterocycles. The van der Waals surface area contributed by atoms with Gasteiger partial charge in [0.2, 0.25) is 5.28 Å². The van der Waals surface area contributed by atoms with E-state index in [-0.39, 0.29) is 17.2 Å². The van der Waals surface area contributed by atoms with Crippen molar-refractivity contribution >= 4 is 51.5 Å². The second-order valence-corrected chi connectivity index (χ2v) is 7.90. The van der Waals surface area contributed by atoms with Crippen molar-refractivity contribution in [1.82, 2.24) is 15.0 Å². The Labute approximate surface area is 189 Å². The van der Waals surface area contributed by atoms with Gasteiger partial charge in [0.1, 0.15) is 11.0 Å². The first kappa shape index (κ1) is 21.0. The highest BCUT2D eigenvalue weighted by Crippen LogP contribution is 2.27. The fraction of sp³-hybridized carbons (Fsp3) is 0.130. The van der Waals surface area contributed by atoms with Crippen molar-refractivity contribution in [2.45, 2.75) is 19.9 Å². The van der Waals surface area contributed by atoms with Crippen LogP contribution in [0.2, 0.25) is 10.4 Å². The van der Waals surface area contributed by atoms with Gasteiger partial charge in [-0.1, -0.05) is 29.8 Å². The predicted octanol–water partition coefficient (Wildman–Crippen LogP) is 6.07. The van der Waals surface area contributed by atoms with Crippen LogP contribution >= 0.6 is 23.2 Å². The van der Waals surface area contributed by atoms with Crippen molar-refractivity contribution < 1.29 is 4.79 Å². The largest absolute Gasteiger partial charge is 0.363 e. The van der Waals surface area contributed by atoms with E-state index in [1.165, 1.54) is 6.20 Å². The molecule has 0 saturated carbocycles. The molecule has 31 heavy (non-hydrogen) atoms. The average Bonchev–Trinajstić information content (AvgIpc) is 2.74. The first-order valence-electron chi connectivity index (χ1n) is 9.62. The number of rotatable bonds is 5. The Bertz CT molecular complexity index is 1240. The molecule has 0 radical (unpaired) electrons. The van der Waals surface area contributed by atoms with Gasteiger partial charge in [-0.25, -0.2) is 15.0 Å². The number of hydrogen-bond acceptors (Lipinski definition) is 5. The number of aryl methyl sites for hydroxylation is 1. The Balaban J connectivity index is 1.49. The SMILES string of the molecule is Cc1ccc2c(NC(C)c3ccc(NC(=O)c4ccc(Cl)nc4)cc3)nc(Cl)nc2c1. The van der Waals surface area contributed by atoms with Crippen molar-refractivity contribution in [3.8, 4) is 0 Å². The van der Waals surface area contributed by atoms with Gasteiger partial charge in [0.05, 0.1) is 11.1 Å². The Kier molecular flexibility index (Phi) is 6.02. The molecule has 8 heteroatoms. The van der Waals surface area contributed by atoms with Gasteiger partial charge in [0.25, 0.3) is 5.91 Å². The Morgan fingerprint density at radius 1 is 1.00 bits per heavy atom. The van der Waals surface area contributed by atoms with Crippen LogP contribution in [-0.2, 0) is 0 Å². The summed E-state index contributed by atoms with van der Waals surface area (Å²) in [7, 11) is 0. The van der Waals surface area contributed by atoms with Gasteiger partial charge in [-0.3, -0.25) is 4.79 Å². The van der Waals surface area contributed by atoms with Crippen LogP contribution in [0.4, 0.5) is 11.5 Å². The number of nitrogens with zero attached hydrogens (tertiary/aromatic N) is 3. The van der Waals surface area contributed by atoms with Crippen molar-refractivity contribution in [2.24, 2.45) is 0 Å². The predicted molar refractivity (Wildman–Crippen MR) is 125 cm³/mol. The van der Waals surface area contributed by atoms with E-state index in [0.717, 1.165) is 22.0 Å². The van der Waals surface area contributed by atoms with Crippen LogP contribution < -0.4 is 10.6 Å². The normalized spacial score (nSPS) is 11.9. The highest BCUT2D eigenvalue weighted by atomic mass is 35.5. The summed E-state index contributed by atoms with van der Waals surface area (Å²) in [6.45, 7) is 4.04. The molecule has 0 saturated heterocycles. The molecule has 4 aromatic rings. The maximum absolute atomic E-state index is 12.3. The van der Waals surface area contributed by atoms with Gasteiger partial charge in [-0.05, 0) is 73.0 Å². The minimum Gasteiger partial charge on any atom is -0.363 e. The monoisotopic (exact) mass is 451 g/mol. The molecule has 156 valence electrons. The van der Waals surface area contributed by atoms with Crippen LogP contribution in [-0.4, -0.2) is 20.9 Å². The van der Waals surface area contributed by atoms with Crippen molar-refractivity contribution in [3.05, 3.63) is 87.9 Å². The first-order chi connectivity index (χ1) is 14.9. The van der Waals surface area contributed by atoms with Crippen molar-refractivity contribution in [1.29, 1.82) is 0 Å².